The van der Waals surface area contributed by atoms with E-state index in [1.807, 2.05) is 0 Å². The minimum atomic E-state index is -1.67. The summed E-state index contributed by atoms with van der Waals surface area (Å²) in [6.45, 7) is 15.9. The van der Waals surface area contributed by atoms with Gasteiger partial charge in [0.1, 0.15) is 9.52 Å². The first-order chi connectivity index (χ1) is 9.12. The first-order valence-electron chi connectivity index (χ1n) is 7.30. The van der Waals surface area contributed by atoms with Gasteiger partial charge in [0, 0.05) is 0 Å². The smallest absolute Gasteiger partial charge is 0.192 e. The molecule has 110 valence electrons. The summed E-state index contributed by atoms with van der Waals surface area (Å²) in [5.41, 5.74) is 0. The van der Waals surface area contributed by atoms with Crippen molar-refractivity contribution in [1.82, 2.24) is 0 Å². The molecule has 0 heterocycles. The lowest BCUT2D eigenvalue weighted by Crippen LogP contribution is -2.43. The first kappa shape index (κ1) is 17.4. The van der Waals surface area contributed by atoms with E-state index in [1.54, 1.807) is 0 Å². The molecule has 0 bridgehead atoms. The van der Waals surface area contributed by atoms with Gasteiger partial charge in [0.25, 0.3) is 0 Å². The molecule has 1 nitrogen and oxygen atoms in total. The predicted molar refractivity (Wildman–Crippen MR) is 93.3 cm³/mol. The van der Waals surface area contributed by atoms with E-state index < -0.39 is 8.32 Å². The molecule has 0 aliphatic heterocycles. The van der Waals surface area contributed by atoms with Crippen molar-refractivity contribution in [3.8, 4) is 0 Å². The second kappa shape index (κ2) is 6.88. The third-order valence-electron chi connectivity index (χ3n) is 3.89. The third-order valence-corrected chi connectivity index (χ3v) is 9.64. The van der Waals surface area contributed by atoms with E-state index in [0.717, 1.165) is 9.52 Å². The van der Waals surface area contributed by atoms with Crippen LogP contribution in [0.1, 0.15) is 34.6 Å². The molecule has 0 N–H and O–H groups in total. The van der Waals surface area contributed by atoms with Crippen LogP contribution in [0.2, 0.25) is 18.1 Å². The molecule has 1 atom stereocenters. The third kappa shape index (κ3) is 5.39. The molecular formula is C17H28OSi2. The topological polar surface area (TPSA) is 9.23 Å². The second-order valence-electron chi connectivity index (χ2n) is 6.92. The lowest BCUT2D eigenvalue weighted by molar-refractivity contribution is 0.243. The van der Waals surface area contributed by atoms with Crippen molar-refractivity contribution < 1.29 is 4.43 Å². The van der Waals surface area contributed by atoms with Crippen LogP contribution in [0.3, 0.4) is 0 Å². The fourth-order valence-corrected chi connectivity index (χ4v) is 4.30. The van der Waals surface area contributed by atoms with Gasteiger partial charge in [0.05, 0.1) is 6.10 Å². The van der Waals surface area contributed by atoms with Crippen LogP contribution in [0, 0.1) is 0 Å². The first-order valence-corrected chi connectivity index (χ1v) is 11.2. The fraction of sp³-hybridized carbons (Fsp3) is 0.529. The van der Waals surface area contributed by atoms with Crippen molar-refractivity contribution in [1.29, 1.82) is 0 Å². The van der Waals surface area contributed by atoms with Crippen molar-refractivity contribution in [3.05, 3.63) is 41.6 Å². The molecule has 0 fully saturated rings. The van der Waals surface area contributed by atoms with E-state index in [-0.39, 0.29) is 11.1 Å². The Morgan fingerprint density at radius 1 is 1.20 bits per heavy atom. The number of benzene rings is 1. The van der Waals surface area contributed by atoms with Crippen molar-refractivity contribution in [3.63, 3.8) is 0 Å². The SMILES string of the molecule is C/C(=C\C(C)O[Si](C)(C)C(C)(C)C)[Si]c1ccccc1. The lowest BCUT2D eigenvalue weighted by atomic mass is 10.2. The molecule has 3 heteroatoms. The molecule has 0 aliphatic rings. The Kier molecular flexibility index (Phi) is 5.98. The highest BCUT2D eigenvalue weighted by Crippen LogP contribution is 2.37. The molecule has 2 radical (unpaired) electrons. The van der Waals surface area contributed by atoms with Crippen LogP contribution >= 0.6 is 0 Å². The van der Waals surface area contributed by atoms with Gasteiger partial charge in [-0.25, -0.2) is 0 Å². The van der Waals surface area contributed by atoms with Crippen LogP contribution in [0.25, 0.3) is 0 Å². The molecule has 1 unspecified atom stereocenters. The highest BCUT2D eigenvalue weighted by atomic mass is 28.4. The quantitative estimate of drug-likeness (QED) is 0.736. The highest BCUT2D eigenvalue weighted by molar-refractivity contribution is 6.74. The van der Waals surface area contributed by atoms with Crippen LogP contribution in [0.15, 0.2) is 41.6 Å². The lowest BCUT2D eigenvalue weighted by Gasteiger charge is -2.38. The Balaban J connectivity index is 2.65. The van der Waals surface area contributed by atoms with Gasteiger partial charge in [-0.15, -0.1) is 0 Å². The number of hydrogen-bond acceptors (Lipinski definition) is 1. The van der Waals surface area contributed by atoms with E-state index in [2.05, 4.69) is 84.1 Å². The minimum Gasteiger partial charge on any atom is -0.411 e. The molecule has 1 aromatic rings. The number of hydrogen-bond donors (Lipinski definition) is 0. The maximum Gasteiger partial charge on any atom is 0.192 e. The molecule has 1 rings (SSSR count). The molecule has 0 aliphatic carbocycles. The molecule has 0 saturated heterocycles. The van der Waals surface area contributed by atoms with E-state index in [0.29, 0.717) is 0 Å². The summed E-state index contributed by atoms with van der Waals surface area (Å²) < 4.78 is 6.38. The standard InChI is InChI=1S/C17H28OSi2/c1-14(18-20(6,7)17(3,4)5)13-15(2)19-16-11-9-8-10-12-16/h8-14H,1-7H3/b15-13+. The van der Waals surface area contributed by atoms with Crippen molar-refractivity contribution in [2.45, 2.75) is 58.9 Å². The Morgan fingerprint density at radius 3 is 2.25 bits per heavy atom. The zero-order valence-corrected chi connectivity index (χ0v) is 15.9. The zero-order valence-electron chi connectivity index (χ0n) is 13.9. The zero-order chi connectivity index (χ0) is 15.4. The molecule has 0 saturated carbocycles. The Bertz CT molecular complexity index is 444. The van der Waals surface area contributed by atoms with Gasteiger partial charge >= 0.3 is 0 Å². The van der Waals surface area contributed by atoms with Crippen molar-refractivity contribution in [2.24, 2.45) is 0 Å². The normalized spacial score (nSPS) is 15.2. The largest absolute Gasteiger partial charge is 0.411 e. The average Bonchev–Trinajstić information content (AvgIpc) is 2.27. The van der Waals surface area contributed by atoms with Crippen LogP contribution in [0.4, 0.5) is 0 Å². The maximum atomic E-state index is 6.38. The molecule has 0 amide bonds. The molecular weight excluding hydrogens is 276 g/mol. The van der Waals surface area contributed by atoms with E-state index >= 15 is 0 Å². The molecule has 0 spiro atoms. The van der Waals surface area contributed by atoms with Gasteiger partial charge in [-0.2, -0.15) is 0 Å². The summed E-state index contributed by atoms with van der Waals surface area (Å²) in [6.07, 6.45) is 2.48. The van der Waals surface area contributed by atoms with Crippen LogP contribution in [-0.4, -0.2) is 23.9 Å². The van der Waals surface area contributed by atoms with Gasteiger partial charge in [0.2, 0.25) is 0 Å². The van der Waals surface area contributed by atoms with Crippen LogP contribution in [-0.2, 0) is 4.43 Å². The van der Waals surface area contributed by atoms with E-state index in [4.69, 9.17) is 4.43 Å². The van der Waals surface area contributed by atoms with E-state index in [9.17, 15) is 0 Å². The Labute approximate surface area is 128 Å². The Morgan fingerprint density at radius 2 is 1.75 bits per heavy atom. The minimum absolute atomic E-state index is 0.201. The average molecular weight is 305 g/mol. The molecule has 20 heavy (non-hydrogen) atoms. The Hall–Kier alpha value is -0.646. The second-order valence-corrected chi connectivity index (χ2v) is 13.3. The van der Waals surface area contributed by atoms with Crippen LogP contribution < -0.4 is 5.19 Å². The predicted octanol–water partition coefficient (Wildman–Crippen LogP) is 4.33. The summed E-state index contributed by atoms with van der Waals surface area (Å²) in [5.74, 6) is 0. The summed E-state index contributed by atoms with van der Waals surface area (Å²) in [6, 6.07) is 10.6. The van der Waals surface area contributed by atoms with Gasteiger partial charge in [0.15, 0.2) is 8.32 Å². The van der Waals surface area contributed by atoms with Gasteiger partial charge in [-0.3, -0.25) is 0 Å². The van der Waals surface area contributed by atoms with E-state index in [1.165, 1.54) is 10.4 Å². The van der Waals surface area contributed by atoms with Crippen molar-refractivity contribution in [2.75, 3.05) is 0 Å². The summed E-state index contributed by atoms with van der Waals surface area (Å²) in [7, 11) is -0.928. The summed E-state index contributed by atoms with van der Waals surface area (Å²) in [5, 5.41) is 3.06. The number of rotatable bonds is 5. The molecule has 0 aromatic heterocycles. The van der Waals surface area contributed by atoms with Crippen LogP contribution in [0.5, 0.6) is 0 Å². The molecule has 1 aromatic carbocycles. The number of allylic oxidation sites excluding steroid dienone is 1. The monoisotopic (exact) mass is 304 g/mol. The van der Waals surface area contributed by atoms with Gasteiger partial charge in [-0.05, 0) is 32.0 Å². The summed E-state index contributed by atoms with van der Waals surface area (Å²) >= 11 is 0. The van der Waals surface area contributed by atoms with Gasteiger partial charge in [-0.1, -0.05) is 67.6 Å². The van der Waals surface area contributed by atoms with Crippen molar-refractivity contribution >= 4 is 23.0 Å². The maximum absolute atomic E-state index is 6.38. The van der Waals surface area contributed by atoms with Gasteiger partial charge < -0.3 is 4.43 Å². The highest BCUT2D eigenvalue weighted by Gasteiger charge is 2.38. The fourth-order valence-electron chi connectivity index (χ4n) is 1.82. The summed E-state index contributed by atoms with van der Waals surface area (Å²) in [4.78, 5) is 0.